The lowest BCUT2D eigenvalue weighted by atomic mass is 9.97. The third-order valence-electron chi connectivity index (χ3n) is 4.46. The molecule has 1 saturated heterocycles. The first kappa shape index (κ1) is 21.1. The van der Waals surface area contributed by atoms with Gasteiger partial charge in [-0.05, 0) is 52.0 Å². The van der Waals surface area contributed by atoms with Gasteiger partial charge in [-0.2, -0.15) is 5.10 Å². The maximum Gasteiger partial charge on any atom is 0.410 e. The van der Waals surface area contributed by atoms with Crippen molar-refractivity contribution < 1.29 is 9.53 Å². The van der Waals surface area contributed by atoms with E-state index in [1.165, 1.54) is 0 Å². The molecule has 0 unspecified atom stereocenters. The Labute approximate surface area is 162 Å². The zero-order valence-corrected chi connectivity index (χ0v) is 17.1. The Hall–Kier alpha value is -2.25. The van der Waals surface area contributed by atoms with E-state index in [0.717, 1.165) is 57.9 Å². The summed E-state index contributed by atoms with van der Waals surface area (Å²) in [5.74, 6) is 1.36. The highest BCUT2D eigenvalue weighted by molar-refractivity contribution is 5.79. The second-order valence-electron chi connectivity index (χ2n) is 7.91. The van der Waals surface area contributed by atoms with Gasteiger partial charge in [0.15, 0.2) is 5.96 Å². The molecule has 1 aliphatic heterocycles. The molecule has 152 valence electrons. The zero-order chi connectivity index (χ0) is 19.7. The number of guanidine groups is 1. The average Bonchev–Trinajstić information content (AvgIpc) is 3.13. The first-order valence-corrected chi connectivity index (χ1v) is 9.77. The minimum atomic E-state index is -0.439. The molecule has 2 heterocycles. The van der Waals surface area contributed by atoms with Crippen LogP contribution in [0, 0.1) is 5.92 Å². The van der Waals surface area contributed by atoms with Crippen LogP contribution in [0.3, 0.4) is 0 Å². The van der Waals surface area contributed by atoms with E-state index < -0.39 is 5.60 Å². The minimum absolute atomic E-state index is 0.205. The maximum atomic E-state index is 12.1. The van der Waals surface area contributed by atoms with E-state index in [1.54, 1.807) is 13.2 Å². The molecule has 27 heavy (non-hydrogen) atoms. The molecule has 8 nitrogen and oxygen atoms in total. The number of nitrogens with one attached hydrogen (secondary N) is 2. The van der Waals surface area contributed by atoms with E-state index in [4.69, 9.17) is 4.74 Å². The molecule has 0 radical (unpaired) electrons. The van der Waals surface area contributed by atoms with Crippen molar-refractivity contribution in [2.24, 2.45) is 10.9 Å². The quantitative estimate of drug-likeness (QED) is 0.450. The van der Waals surface area contributed by atoms with Crippen molar-refractivity contribution in [1.82, 2.24) is 25.3 Å². The van der Waals surface area contributed by atoms with Gasteiger partial charge in [-0.1, -0.05) is 0 Å². The summed E-state index contributed by atoms with van der Waals surface area (Å²) in [6.45, 7) is 9.78. The monoisotopic (exact) mass is 378 g/mol. The number of hydrogen-bond donors (Lipinski definition) is 2. The van der Waals surface area contributed by atoms with Crippen LogP contribution in [0.4, 0.5) is 4.79 Å². The van der Waals surface area contributed by atoms with E-state index in [1.807, 2.05) is 42.6 Å². The van der Waals surface area contributed by atoms with Crippen LogP contribution in [0.25, 0.3) is 0 Å². The van der Waals surface area contributed by atoms with Crippen LogP contribution in [-0.4, -0.2) is 65.6 Å². The van der Waals surface area contributed by atoms with Crippen LogP contribution in [0.15, 0.2) is 23.5 Å². The number of ether oxygens (including phenoxy) is 1. The Morgan fingerprint density at radius 1 is 1.30 bits per heavy atom. The molecule has 8 heteroatoms. The summed E-state index contributed by atoms with van der Waals surface area (Å²) < 4.78 is 7.37. The first-order valence-electron chi connectivity index (χ1n) is 9.77. The summed E-state index contributed by atoms with van der Waals surface area (Å²) in [6.07, 6.45) is 6.49. The van der Waals surface area contributed by atoms with E-state index in [9.17, 15) is 4.79 Å². The summed E-state index contributed by atoms with van der Waals surface area (Å²) >= 11 is 0. The number of piperidine rings is 1. The molecule has 2 rings (SSSR count). The SMILES string of the molecule is CN=C(NCCCn1cccn1)NCC1CCN(C(=O)OC(C)(C)C)CC1. The molecule has 0 aromatic carbocycles. The van der Waals surface area contributed by atoms with Gasteiger partial charge in [0.1, 0.15) is 5.60 Å². The van der Waals surface area contributed by atoms with E-state index in [0.29, 0.717) is 5.92 Å². The fraction of sp³-hybridized carbons (Fsp3) is 0.737. The summed E-state index contributed by atoms with van der Waals surface area (Å²) in [4.78, 5) is 18.2. The summed E-state index contributed by atoms with van der Waals surface area (Å²) in [5.41, 5.74) is -0.439. The largest absolute Gasteiger partial charge is 0.444 e. The number of aliphatic imine (C=N–C) groups is 1. The number of nitrogens with zero attached hydrogens (tertiary/aromatic N) is 4. The molecule has 1 aromatic rings. The number of carbonyl (C=O) groups excluding carboxylic acids is 1. The predicted molar refractivity (Wildman–Crippen MR) is 107 cm³/mol. The smallest absolute Gasteiger partial charge is 0.410 e. The number of carbonyl (C=O) groups is 1. The van der Waals surface area contributed by atoms with Crippen molar-refractivity contribution >= 4 is 12.1 Å². The van der Waals surface area contributed by atoms with E-state index >= 15 is 0 Å². The van der Waals surface area contributed by atoms with Gasteiger partial charge >= 0.3 is 6.09 Å². The molecular weight excluding hydrogens is 344 g/mol. The predicted octanol–water partition coefficient (Wildman–Crippen LogP) is 2.09. The molecule has 1 amide bonds. The van der Waals surface area contributed by atoms with Gasteiger partial charge in [-0.3, -0.25) is 9.67 Å². The highest BCUT2D eigenvalue weighted by Crippen LogP contribution is 2.19. The zero-order valence-electron chi connectivity index (χ0n) is 17.1. The number of amides is 1. The number of hydrogen-bond acceptors (Lipinski definition) is 4. The van der Waals surface area contributed by atoms with Crippen molar-refractivity contribution in [1.29, 1.82) is 0 Å². The van der Waals surface area contributed by atoms with Gasteiger partial charge in [0.25, 0.3) is 0 Å². The van der Waals surface area contributed by atoms with Gasteiger partial charge in [-0.15, -0.1) is 0 Å². The van der Waals surface area contributed by atoms with Gasteiger partial charge in [0.05, 0.1) is 0 Å². The van der Waals surface area contributed by atoms with E-state index in [2.05, 4.69) is 20.7 Å². The maximum absolute atomic E-state index is 12.1. The van der Waals surface area contributed by atoms with Crippen LogP contribution in [-0.2, 0) is 11.3 Å². The van der Waals surface area contributed by atoms with Crippen molar-refractivity contribution in [3.63, 3.8) is 0 Å². The normalized spacial score (nSPS) is 16.3. The number of rotatable bonds is 6. The second-order valence-corrected chi connectivity index (χ2v) is 7.91. The van der Waals surface area contributed by atoms with E-state index in [-0.39, 0.29) is 6.09 Å². The molecule has 0 saturated carbocycles. The van der Waals surface area contributed by atoms with Crippen molar-refractivity contribution in [2.75, 3.05) is 33.2 Å². The lowest BCUT2D eigenvalue weighted by Crippen LogP contribution is -2.45. The highest BCUT2D eigenvalue weighted by atomic mass is 16.6. The average molecular weight is 379 g/mol. The lowest BCUT2D eigenvalue weighted by Gasteiger charge is -2.33. The van der Waals surface area contributed by atoms with Crippen molar-refractivity contribution in [3.8, 4) is 0 Å². The van der Waals surface area contributed by atoms with Gasteiger partial charge < -0.3 is 20.3 Å². The Morgan fingerprint density at radius 3 is 2.63 bits per heavy atom. The Bertz CT molecular complexity index is 586. The molecule has 1 fully saturated rings. The molecule has 0 aliphatic carbocycles. The molecule has 1 aliphatic rings. The molecule has 0 spiro atoms. The van der Waals surface area contributed by atoms with Gasteiger partial charge in [-0.25, -0.2) is 4.79 Å². The molecule has 2 N–H and O–H groups in total. The fourth-order valence-electron chi connectivity index (χ4n) is 2.99. The Balaban J connectivity index is 1.61. The molecular formula is C19H34N6O2. The number of aryl methyl sites for hydroxylation is 1. The highest BCUT2D eigenvalue weighted by Gasteiger charge is 2.26. The lowest BCUT2D eigenvalue weighted by molar-refractivity contribution is 0.0185. The third kappa shape index (κ3) is 7.88. The fourth-order valence-corrected chi connectivity index (χ4v) is 2.99. The topological polar surface area (TPSA) is 83.8 Å². The molecule has 1 aromatic heterocycles. The first-order chi connectivity index (χ1) is 12.9. The van der Waals surface area contributed by atoms with Crippen LogP contribution in [0.2, 0.25) is 0 Å². The standard InChI is InChI=1S/C19H34N6O2/c1-19(2,3)27-18(26)24-13-7-16(8-14-24)15-22-17(20-4)21-9-5-11-25-12-6-10-23-25/h6,10,12,16H,5,7-9,11,13-15H2,1-4H3,(H2,20,21,22). The molecule has 0 atom stereocenters. The van der Waals surface area contributed by atoms with Crippen LogP contribution >= 0.6 is 0 Å². The second kappa shape index (κ2) is 10.2. The van der Waals surface area contributed by atoms with Gasteiger partial charge in [0.2, 0.25) is 0 Å². The summed E-state index contributed by atoms with van der Waals surface area (Å²) in [6, 6.07) is 1.93. The van der Waals surface area contributed by atoms with Crippen molar-refractivity contribution in [2.45, 2.75) is 52.2 Å². The van der Waals surface area contributed by atoms with Crippen LogP contribution in [0.5, 0.6) is 0 Å². The third-order valence-corrected chi connectivity index (χ3v) is 4.46. The molecule has 0 bridgehead atoms. The van der Waals surface area contributed by atoms with Crippen molar-refractivity contribution in [3.05, 3.63) is 18.5 Å². The van der Waals surface area contributed by atoms with Gasteiger partial charge in [0, 0.05) is 52.2 Å². The Kier molecular flexibility index (Phi) is 7.94. The Morgan fingerprint density at radius 2 is 2.04 bits per heavy atom. The number of aromatic nitrogens is 2. The number of likely N-dealkylation sites (tertiary alicyclic amines) is 1. The minimum Gasteiger partial charge on any atom is -0.444 e. The summed E-state index contributed by atoms with van der Waals surface area (Å²) in [7, 11) is 1.79. The van der Waals surface area contributed by atoms with Crippen LogP contribution in [0.1, 0.15) is 40.0 Å². The van der Waals surface area contributed by atoms with Crippen LogP contribution < -0.4 is 10.6 Å². The summed E-state index contributed by atoms with van der Waals surface area (Å²) in [5, 5.41) is 10.9.